The van der Waals surface area contributed by atoms with E-state index >= 15 is 0 Å². The normalized spacial score (nSPS) is 15.0. The molecule has 1 aromatic carbocycles. The molecule has 9 heteroatoms. The molecule has 0 saturated carbocycles. The highest BCUT2D eigenvalue weighted by molar-refractivity contribution is 14.0. The van der Waals surface area contributed by atoms with Gasteiger partial charge in [0.1, 0.15) is 11.5 Å². The van der Waals surface area contributed by atoms with Crippen LogP contribution in [0.25, 0.3) is 0 Å². The van der Waals surface area contributed by atoms with Crippen LogP contribution in [0.1, 0.15) is 12.5 Å². The van der Waals surface area contributed by atoms with E-state index in [1.807, 2.05) is 12.1 Å². The third kappa shape index (κ3) is 9.38. The molecule has 0 spiro atoms. The average Bonchev–Trinajstić information content (AvgIpc) is 2.77. The Morgan fingerprint density at radius 2 is 1.84 bits per heavy atom. The Balaban J connectivity index is 0.00000480. The number of guanidine groups is 1. The molecule has 0 aliphatic carbocycles. The van der Waals surface area contributed by atoms with Crippen LogP contribution in [-0.4, -0.2) is 108 Å². The van der Waals surface area contributed by atoms with Gasteiger partial charge in [-0.15, -0.1) is 24.0 Å². The lowest BCUT2D eigenvalue weighted by Crippen LogP contribution is -2.52. The highest BCUT2D eigenvalue weighted by Crippen LogP contribution is 2.25. The number of piperazine rings is 1. The van der Waals surface area contributed by atoms with E-state index in [2.05, 4.69) is 40.1 Å². The molecule has 1 aliphatic heterocycles. The number of nitrogens with one attached hydrogen (secondary N) is 1. The average molecular weight is 549 g/mol. The Kier molecular flexibility index (Phi) is 13.9. The fraction of sp³-hybridized carbons (Fsp3) is 0.682. The summed E-state index contributed by atoms with van der Waals surface area (Å²) in [4.78, 5) is 11.9. The molecule has 1 aliphatic rings. The van der Waals surface area contributed by atoms with Crippen molar-refractivity contribution in [2.75, 3.05) is 87.3 Å². The number of benzene rings is 1. The summed E-state index contributed by atoms with van der Waals surface area (Å²) in [7, 11) is 7.25. The van der Waals surface area contributed by atoms with Gasteiger partial charge < -0.3 is 29.3 Å². The number of hydrogen-bond donors (Lipinski definition) is 1. The van der Waals surface area contributed by atoms with E-state index in [-0.39, 0.29) is 24.0 Å². The van der Waals surface area contributed by atoms with Gasteiger partial charge in [0, 0.05) is 65.0 Å². The number of hydrogen-bond acceptors (Lipinski definition) is 6. The van der Waals surface area contributed by atoms with Crippen LogP contribution >= 0.6 is 24.0 Å². The first-order chi connectivity index (χ1) is 14.6. The van der Waals surface area contributed by atoms with E-state index in [1.54, 1.807) is 21.3 Å². The molecular formula is C22H40IN5O3. The Bertz CT molecular complexity index is 654. The Hall–Kier alpha value is -1.30. The van der Waals surface area contributed by atoms with Crippen LogP contribution in [0.15, 0.2) is 23.2 Å². The minimum atomic E-state index is 0. The van der Waals surface area contributed by atoms with Crippen LogP contribution in [0.4, 0.5) is 0 Å². The first-order valence-electron chi connectivity index (χ1n) is 10.7. The van der Waals surface area contributed by atoms with Crippen LogP contribution < -0.4 is 14.8 Å². The standard InChI is InChI=1S/C22H39N5O3.HI/c1-6-23-22(24-9-10-25(2)15-16-28-3)27-13-11-26(12-14-27)18-19-17-20(29-4)7-8-21(19)30-5;/h7-8,17H,6,9-16,18H2,1-5H3,(H,23,24);1H. The van der Waals surface area contributed by atoms with Gasteiger partial charge in [-0.25, -0.2) is 0 Å². The second kappa shape index (κ2) is 15.5. The van der Waals surface area contributed by atoms with Crippen LogP contribution in [-0.2, 0) is 11.3 Å². The summed E-state index contributed by atoms with van der Waals surface area (Å²) in [5.41, 5.74) is 1.16. The van der Waals surface area contributed by atoms with Crippen molar-refractivity contribution in [2.45, 2.75) is 13.5 Å². The first kappa shape index (κ1) is 27.7. The molecule has 0 atom stereocenters. The minimum absolute atomic E-state index is 0. The second-order valence-corrected chi connectivity index (χ2v) is 7.47. The molecule has 1 heterocycles. The Morgan fingerprint density at radius 1 is 1.10 bits per heavy atom. The lowest BCUT2D eigenvalue weighted by atomic mass is 10.1. The van der Waals surface area contributed by atoms with Crippen molar-refractivity contribution in [3.05, 3.63) is 23.8 Å². The van der Waals surface area contributed by atoms with E-state index in [9.17, 15) is 0 Å². The molecule has 0 amide bonds. The zero-order valence-electron chi connectivity index (χ0n) is 19.7. The molecule has 1 saturated heterocycles. The van der Waals surface area contributed by atoms with Crippen molar-refractivity contribution >= 4 is 29.9 Å². The predicted octanol–water partition coefficient (Wildman–Crippen LogP) is 1.98. The molecule has 1 aromatic rings. The summed E-state index contributed by atoms with van der Waals surface area (Å²) in [6, 6.07) is 5.98. The molecule has 1 N–H and O–H groups in total. The van der Waals surface area contributed by atoms with Crippen LogP contribution in [0.2, 0.25) is 0 Å². The van der Waals surface area contributed by atoms with Gasteiger partial charge in [-0.05, 0) is 32.2 Å². The molecule has 0 unspecified atom stereocenters. The van der Waals surface area contributed by atoms with Gasteiger partial charge in [-0.1, -0.05) is 0 Å². The number of likely N-dealkylation sites (N-methyl/N-ethyl adjacent to an activating group) is 1. The fourth-order valence-electron chi connectivity index (χ4n) is 3.48. The minimum Gasteiger partial charge on any atom is -0.497 e. The topological polar surface area (TPSA) is 61.8 Å². The number of methoxy groups -OCH3 is 3. The third-order valence-corrected chi connectivity index (χ3v) is 5.31. The number of rotatable bonds is 11. The van der Waals surface area contributed by atoms with Crippen LogP contribution in [0, 0.1) is 0 Å². The molecule has 178 valence electrons. The molecule has 0 aromatic heterocycles. The van der Waals surface area contributed by atoms with Gasteiger partial charge in [-0.2, -0.15) is 0 Å². The molecule has 1 fully saturated rings. The summed E-state index contributed by atoms with van der Waals surface area (Å²) in [5, 5.41) is 3.44. The molecule has 31 heavy (non-hydrogen) atoms. The quantitative estimate of drug-likeness (QED) is 0.258. The summed E-state index contributed by atoms with van der Waals surface area (Å²) < 4.78 is 16.0. The Labute approximate surface area is 204 Å². The maximum Gasteiger partial charge on any atom is 0.194 e. The highest BCUT2D eigenvalue weighted by Gasteiger charge is 2.20. The van der Waals surface area contributed by atoms with Crippen molar-refractivity contribution in [2.24, 2.45) is 4.99 Å². The number of halogens is 1. The van der Waals surface area contributed by atoms with Crippen molar-refractivity contribution < 1.29 is 14.2 Å². The number of aliphatic imine (C=N–C) groups is 1. The lowest BCUT2D eigenvalue weighted by Gasteiger charge is -2.36. The molecule has 8 nitrogen and oxygen atoms in total. The van der Waals surface area contributed by atoms with E-state index in [4.69, 9.17) is 19.2 Å². The second-order valence-electron chi connectivity index (χ2n) is 7.47. The molecule has 2 rings (SSSR count). The highest BCUT2D eigenvalue weighted by atomic mass is 127. The van der Waals surface area contributed by atoms with E-state index in [0.717, 1.165) is 88.5 Å². The van der Waals surface area contributed by atoms with Gasteiger partial charge in [-0.3, -0.25) is 9.89 Å². The van der Waals surface area contributed by atoms with Gasteiger partial charge in [0.15, 0.2) is 5.96 Å². The fourth-order valence-corrected chi connectivity index (χ4v) is 3.48. The maximum atomic E-state index is 5.53. The molecule has 0 bridgehead atoms. The van der Waals surface area contributed by atoms with Crippen molar-refractivity contribution in [1.82, 2.24) is 20.0 Å². The van der Waals surface area contributed by atoms with Crippen molar-refractivity contribution in [3.63, 3.8) is 0 Å². The van der Waals surface area contributed by atoms with E-state index in [1.165, 1.54) is 0 Å². The lowest BCUT2D eigenvalue weighted by molar-refractivity contribution is 0.162. The van der Waals surface area contributed by atoms with Crippen LogP contribution in [0.3, 0.4) is 0 Å². The molecule has 0 radical (unpaired) electrons. The van der Waals surface area contributed by atoms with Crippen molar-refractivity contribution in [1.29, 1.82) is 0 Å². The summed E-state index contributed by atoms with van der Waals surface area (Å²) in [6.07, 6.45) is 0. The largest absolute Gasteiger partial charge is 0.497 e. The third-order valence-electron chi connectivity index (χ3n) is 5.31. The zero-order valence-corrected chi connectivity index (χ0v) is 22.1. The zero-order chi connectivity index (χ0) is 21.8. The summed E-state index contributed by atoms with van der Waals surface area (Å²) in [5.74, 6) is 2.78. The van der Waals surface area contributed by atoms with Crippen molar-refractivity contribution in [3.8, 4) is 11.5 Å². The van der Waals surface area contributed by atoms with E-state index in [0.29, 0.717) is 0 Å². The molecular weight excluding hydrogens is 509 g/mol. The van der Waals surface area contributed by atoms with Gasteiger partial charge in [0.05, 0.1) is 27.4 Å². The number of ether oxygens (including phenoxy) is 3. The van der Waals surface area contributed by atoms with E-state index < -0.39 is 0 Å². The summed E-state index contributed by atoms with van der Waals surface area (Å²) in [6.45, 7) is 11.1. The van der Waals surface area contributed by atoms with Gasteiger partial charge in [0.25, 0.3) is 0 Å². The Morgan fingerprint density at radius 3 is 2.45 bits per heavy atom. The predicted molar refractivity (Wildman–Crippen MR) is 137 cm³/mol. The maximum absolute atomic E-state index is 5.53. The monoisotopic (exact) mass is 549 g/mol. The first-order valence-corrected chi connectivity index (χ1v) is 10.7. The van der Waals surface area contributed by atoms with Crippen LogP contribution in [0.5, 0.6) is 11.5 Å². The summed E-state index contributed by atoms with van der Waals surface area (Å²) >= 11 is 0. The number of nitrogens with zero attached hydrogens (tertiary/aromatic N) is 4. The van der Waals surface area contributed by atoms with Gasteiger partial charge >= 0.3 is 0 Å². The SMILES string of the molecule is CCNC(=NCCN(C)CCOC)N1CCN(Cc2cc(OC)ccc2OC)CC1.I. The van der Waals surface area contributed by atoms with Gasteiger partial charge in [0.2, 0.25) is 0 Å². The smallest absolute Gasteiger partial charge is 0.194 e.